The van der Waals surface area contributed by atoms with Crippen LogP contribution >= 0.6 is 25.3 Å². The van der Waals surface area contributed by atoms with Crippen molar-refractivity contribution in [1.82, 2.24) is 52.4 Å². The molecule has 0 spiro atoms. The Morgan fingerprint density at radius 2 is 1.22 bits per heavy atom. The average Bonchev–Trinajstić information content (AvgIpc) is 1.46. The second kappa shape index (κ2) is 36.9. The van der Waals surface area contributed by atoms with Crippen LogP contribution in [0.2, 0.25) is 0 Å². The molecule has 0 bridgehead atoms. The van der Waals surface area contributed by atoms with Gasteiger partial charge in [-0.1, -0.05) is 99.6 Å². The number of aliphatic hydroxyl groups is 1. The number of para-hydroxylation sites is 1. The number of rotatable bonds is 38. The molecule has 0 aliphatic carbocycles. The molecule has 1 aliphatic rings. The summed E-state index contributed by atoms with van der Waals surface area (Å²) in [6, 6.07) is 20.8. The van der Waals surface area contributed by atoms with Crippen LogP contribution < -0.4 is 59.3 Å². The van der Waals surface area contributed by atoms with Gasteiger partial charge in [-0.15, -0.1) is 0 Å². The van der Waals surface area contributed by atoms with Crippen LogP contribution in [0.15, 0.2) is 115 Å². The summed E-state index contributed by atoms with van der Waals surface area (Å²) in [6.07, 6.45) is 3.20. The van der Waals surface area contributed by atoms with Gasteiger partial charge < -0.3 is 79.4 Å². The van der Waals surface area contributed by atoms with Crippen LogP contribution in [0.25, 0.3) is 21.7 Å². The number of aromatic hydroxyl groups is 1. The number of thiol groups is 2. The highest BCUT2D eigenvalue weighted by atomic mass is 32.1. The van der Waals surface area contributed by atoms with Crippen molar-refractivity contribution in [1.29, 1.82) is 0 Å². The number of nitrogens with zero attached hydrogens (tertiary/aromatic N) is 1. The number of benzene rings is 5. The number of hydrogen-bond acceptors (Lipinski definition) is 16. The average molecular weight is 1370 g/mol. The van der Waals surface area contributed by atoms with E-state index in [4.69, 9.17) is 11.5 Å². The molecule has 97 heavy (non-hydrogen) atoms. The third kappa shape index (κ3) is 21.7. The molecule has 0 saturated heterocycles. The highest BCUT2D eigenvalue weighted by Gasteiger charge is 2.37. The fraction of sp³-hybridized carbons (Fsp3) is 0.429. The molecule has 10 amide bonds. The van der Waals surface area contributed by atoms with E-state index in [0.717, 1.165) is 51.5 Å². The third-order valence-electron chi connectivity index (χ3n) is 17.0. The molecule has 27 heteroatoms. The van der Waals surface area contributed by atoms with Gasteiger partial charge in [0.25, 0.3) is 0 Å². The zero-order valence-electron chi connectivity index (χ0n) is 55.0. The summed E-state index contributed by atoms with van der Waals surface area (Å²) in [7, 11) is 0. The van der Waals surface area contributed by atoms with E-state index in [0.29, 0.717) is 61.9 Å². The summed E-state index contributed by atoms with van der Waals surface area (Å²) in [4.78, 5) is 145. The summed E-state index contributed by atoms with van der Waals surface area (Å²) in [5.74, 6) is -8.44. The number of aliphatic hydroxyl groups excluding tert-OH is 1. The Kier molecular flexibility index (Phi) is 28.7. The Balaban J connectivity index is 1.10. The molecule has 520 valence electrons. The molecule has 25 nitrogen and oxygen atoms in total. The van der Waals surface area contributed by atoms with Crippen LogP contribution in [-0.2, 0) is 73.6 Å². The van der Waals surface area contributed by atoms with Crippen molar-refractivity contribution in [3.05, 3.63) is 143 Å². The summed E-state index contributed by atoms with van der Waals surface area (Å²) in [6.45, 7) is 8.93. The fourth-order valence-corrected chi connectivity index (χ4v) is 12.1. The Morgan fingerprint density at radius 3 is 1.88 bits per heavy atom. The van der Waals surface area contributed by atoms with Gasteiger partial charge in [-0.2, -0.15) is 25.3 Å². The van der Waals surface area contributed by atoms with E-state index in [-0.39, 0.29) is 55.4 Å². The molecular formula is C70H91N13O12S2. The van der Waals surface area contributed by atoms with E-state index in [1.54, 1.807) is 50.4 Å². The van der Waals surface area contributed by atoms with Crippen LogP contribution in [-0.4, -0.2) is 165 Å². The van der Waals surface area contributed by atoms with Gasteiger partial charge in [0.05, 0.1) is 12.5 Å². The lowest BCUT2D eigenvalue weighted by Gasteiger charge is -2.29. The number of aromatic amines is 1. The van der Waals surface area contributed by atoms with Gasteiger partial charge in [-0.3, -0.25) is 47.9 Å². The van der Waals surface area contributed by atoms with Crippen molar-refractivity contribution in [2.75, 3.05) is 43.0 Å². The number of hydrogen-bond donors (Lipinski definition) is 16. The van der Waals surface area contributed by atoms with Crippen LogP contribution in [0.5, 0.6) is 5.75 Å². The van der Waals surface area contributed by atoms with Crippen LogP contribution in [0.3, 0.4) is 0 Å². The molecule has 6 aromatic rings. The Hall–Kier alpha value is -9.02. The van der Waals surface area contributed by atoms with Gasteiger partial charge in [0, 0.05) is 60.1 Å². The van der Waals surface area contributed by atoms with E-state index >= 15 is 9.59 Å². The number of amides is 10. The number of phenols is 1. The van der Waals surface area contributed by atoms with Crippen molar-refractivity contribution in [3.63, 3.8) is 0 Å². The van der Waals surface area contributed by atoms with Gasteiger partial charge in [0.2, 0.25) is 59.1 Å². The summed E-state index contributed by atoms with van der Waals surface area (Å²) >= 11 is 8.70. The number of H-pyrrole nitrogens is 1. The van der Waals surface area contributed by atoms with Crippen molar-refractivity contribution in [2.45, 2.75) is 146 Å². The minimum absolute atomic E-state index is 0.0192. The second-order valence-corrected chi connectivity index (χ2v) is 25.4. The molecule has 2 heterocycles. The number of phenolic OH excluding ortho intramolecular Hbond substituents is 1. The van der Waals surface area contributed by atoms with Crippen molar-refractivity contribution in [3.8, 4) is 5.75 Å². The first-order chi connectivity index (χ1) is 46.5. The largest absolute Gasteiger partial charge is 0.508 e. The van der Waals surface area contributed by atoms with Crippen molar-refractivity contribution >= 4 is 112 Å². The second-order valence-electron chi connectivity index (χ2n) is 24.7. The zero-order valence-corrected chi connectivity index (χ0v) is 56.8. The van der Waals surface area contributed by atoms with Crippen LogP contribution in [0, 0.1) is 5.92 Å². The van der Waals surface area contributed by atoms with Gasteiger partial charge >= 0.3 is 0 Å². The van der Waals surface area contributed by atoms with Gasteiger partial charge in [0.1, 0.15) is 54.1 Å². The maximum Gasteiger partial charge on any atom is 0.247 e. The summed E-state index contributed by atoms with van der Waals surface area (Å²) < 4.78 is 0. The molecular weight excluding hydrogens is 1280 g/mol. The Morgan fingerprint density at radius 1 is 0.608 bits per heavy atom. The quantitative estimate of drug-likeness (QED) is 0.0196. The van der Waals surface area contributed by atoms with Gasteiger partial charge in [0.15, 0.2) is 0 Å². The van der Waals surface area contributed by atoms with E-state index in [1.807, 2.05) is 66.7 Å². The zero-order chi connectivity index (χ0) is 70.3. The number of nitrogens with two attached hydrogens (primary N) is 2. The maximum absolute atomic E-state index is 15.1. The minimum atomic E-state index is -1.48. The number of carbonyl (C=O) groups is 10. The molecule has 0 unspecified atom stereocenters. The molecule has 16 N–H and O–H groups in total. The number of nitrogens with one attached hydrogen (secondary N) is 10. The number of anilines is 1. The molecule has 7 rings (SSSR count). The third-order valence-corrected chi connectivity index (χ3v) is 17.7. The van der Waals surface area contributed by atoms with E-state index in [9.17, 15) is 48.6 Å². The van der Waals surface area contributed by atoms with Gasteiger partial charge in [-0.05, 0) is 140 Å². The highest BCUT2D eigenvalue weighted by molar-refractivity contribution is 7.80. The molecule has 9 atom stereocenters. The van der Waals surface area contributed by atoms with Crippen LogP contribution in [0.4, 0.5) is 5.69 Å². The minimum Gasteiger partial charge on any atom is -0.508 e. The first-order valence-corrected chi connectivity index (χ1v) is 34.0. The lowest BCUT2D eigenvalue weighted by Crippen LogP contribution is -2.61. The lowest BCUT2D eigenvalue weighted by atomic mass is 9.99. The predicted molar refractivity (Wildman–Crippen MR) is 377 cm³/mol. The highest BCUT2D eigenvalue weighted by Crippen LogP contribution is 2.28. The Bertz CT molecular complexity index is 3740. The molecule has 5 aromatic carbocycles. The molecule has 0 saturated carbocycles. The van der Waals surface area contributed by atoms with Gasteiger partial charge in [-0.25, -0.2) is 0 Å². The monoisotopic (exact) mass is 1370 g/mol. The lowest BCUT2D eigenvalue weighted by molar-refractivity contribution is -0.136. The first-order valence-electron chi connectivity index (χ1n) is 32.8. The normalized spacial score (nSPS) is 14.7. The maximum atomic E-state index is 15.1. The topological polar surface area (TPSA) is 390 Å². The first kappa shape index (κ1) is 75.4. The van der Waals surface area contributed by atoms with Crippen molar-refractivity contribution in [2.24, 2.45) is 17.4 Å². The standard InChI is InChI=1S/C70H91N13O12S2/c1-5-30-83(32-28-44-16-12-20-52-50(44)36-59(87)74-52)31-13-21-58(86)80-62(46-25-24-43-14-6-7-15-45(43)34-46)70(95)79-56(38-96)67(92)76-54(33-42-22-26-48(85)27-23-42)65(90)77-55(35-47-37-73-51-18-9-8-17-49(47)51)66(91)75-53(19-10-11-29-71)64(89)81-60(40(2)3)69(94)78-57(39-97)68(93)82-61(41(4)84)63(72)88/h6-9,12,14-18,20,22-27,34,37,40-41,53-57,60-62,73,84-85,96-97H,5,10-11,13,19,21,28-33,35-36,38-39,71H2,1-4H3,(H2,72,88)(H,74,87)(H,75,91)(H,76,92)(H,77,90)(H,78,94)(H,79,95)(H,80,86)(H,81,89)(H,82,93)/t41-,53+,54+,55-,56+,57+,60+,61+,62-/m1/s1. The molecule has 0 fully saturated rings. The smallest absolute Gasteiger partial charge is 0.247 e. The van der Waals surface area contributed by atoms with E-state index < -0.39 is 114 Å². The number of unbranched alkanes of at least 4 members (excludes halogenated alkanes) is 1. The van der Waals surface area contributed by atoms with Crippen molar-refractivity contribution < 1.29 is 58.2 Å². The number of primary amides is 1. The Labute approximate surface area is 575 Å². The summed E-state index contributed by atoms with van der Waals surface area (Å²) in [5, 5.41) is 47.3. The number of fused-ring (bicyclic) bond motifs is 3. The molecule has 0 radical (unpaired) electrons. The number of aromatic nitrogens is 1. The fourth-order valence-electron chi connectivity index (χ4n) is 11.6. The number of carbonyl (C=O) groups excluding carboxylic acids is 10. The predicted octanol–water partition coefficient (Wildman–Crippen LogP) is 2.80. The van der Waals surface area contributed by atoms with Crippen LogP contribution in [0.1, 0.15) is 100 Å². The van der Waals surface area contributed by atoms with E-state index in [2.05, 4.69) is 89.9 Å². The molecule has 1 aliphatic heterocycles. The molecule has 1 aromatic heterocycles. The SMILES string of the molecule is CCCN(CCCC(=O)N[C@@H](C(=O)N[C@@H](CS)C(=O)N[C@@H](Cc1ccc(O)cc1)C(=O)N[C@H](Cc1c[nH]c2ccccc12)C(=O)N[C@@H](CCCCN)C(=O)N[C@H](C(=O)N[C@@H](CS)C(=O)N[C@H](C(N)=O)[C@@H](C)O)C(C)C)c1ccc2ccccc2c1)CCc1cccc2c1CC(=O)N2. The van der Waals surface area contributed by atoms with E-state index in [1.165, 1.54) is 19.1 Å². The summed E-state index contributed by atoms with van der Waals surface area (Å²) in [5.41, 5.74) is 16.4.